The molecule has 1 aliphatic rings. The number of aryl methyl sites for hydroxylation is 1. The summed E-state index contributed by atoms with van der Waals surface area (Å²) in [5.41, 5.74) is 1.10. The highest BCUT2D eigenvalue weighted by Crippen LogP contribution is 2.25. The van der Waals surface area contributed by atoms with Crippen LogP contribution in [0.2, 0.25) is 0 Å². The standard InChI is InChI=1S/C16H20BrNO3S/c1-11-8-12(17)6-7-14(11)22-10-16(20)21-9-15(19)18-13-4-2-3-5-13/h6-8,13H,2-5,9-10H2,1H3,(H,18,19). The minimum atomic E-state index is -0.367. The van der Waals surface area contributed by atoms with Crippen molar-refractivity contribution in [3.8, 4) is 0 Å². The van der Waals surface area contributed by atoms with Gasteiger partial charge in [0.15, 0.2) is 6.61 Å². The molecular formula is C16H20BrNO3S. The molecule has 1 N–H and O–H groups in total. The lowest BCUT2D eigenvalue weighted by Gasteiger charge is -2.12. The van der Waals surface area contributed by atoms with Crippen LogP contribution in [0.3, 0.4) is 0 Å². The van der Waals surface area contributed by atoms with Gasteiger partial charge in [-0.15, -0.1) is 11.8 Å². The fourth-order valence-corrected chi connectivity index (χ4v) is 3.72. The van der Waals surface area contributed by atoms with Crippen molar-refractivity contribution in [1.82, 2.24) is 5.32 Å². The number of esters is 1. The monoisotopic (exact) mass is 385 g/mol. The van der Waals surface area contributed by atoms with Crippen LogP contribution >= 0.6 is 27.7 Å². The first-order valence-corrected chi connectivity index (χ1v) is 9.16. The van der Waals surface area contributed by atoms with Crippen molar-refractivity contribution in [2.45, 2.75) is 43.5 Å². The number of benzene rings is 1. The lowest BCUT2D eigenvalue weighted by atomic mass is 10.2. The molecule has 120 valence electrons. The number of ether oxygens (including phenoxy) is 1. The van der Waals surface area contributed by atoms with E-state index in [9.17, 15) is 9.59 Å². The topological polar surface area (TPSA) is 55.4 Å². The quantitative estimate of drug-likeness (QED) is 0.601. The van der Waals surface area contributed by atoms with E-state index in [4.69, 9.17) is 4.74 Å². The van der Waals surface area contributed by atoms with Crippen molar-refractivity contribution in [2.24, 2.45) is 0 Å². The van der Waals surface area contributed by atoms with Crippen LogP contribution < -0.4 is 5.32 Å². The summed E-state index contributed by atoms with van der Waals surface area (Å²) >= 11 is 4.83. The number of thioether (sulfide) groups is 1. The molecule has 2 rings (SSSR count). The third-order valence-electron chi connectivity index (χ3n) is 3.57. The highest BCUT2D eigenvalue weighted by molar-refractivity contribution is 9.10. The van der Waals surface area contributed by atoms with E-state index in [0.29, 0.717) is 0 Å². The van der Waals surface area contributed by atoms with Crippen LogP contribution in [0.15, 0.2) is 27.6 Å². The zero-order valence-corrected chi connectivity index (χ0v) is 15.0. The first-order chi connectivity index (χ1) is 10.5. The highest BCUT2D eigenvalue weighted by atomic mass is 79.9. The summed E-state index contributed by atoms with van der Waals surface area (Å²) in [5.74, 6) is -0.363. The largest absolute Gasteiger partial charge is 0.455 e. The summed E-state index contributed by atoms with van der Waals surface area (Å²) in [7, 11) is 0. The molecule has 0 radical (unpaired) electrons. The lowest BCUT2D eigenvalue weighted by Crippen LogP contribution is -2.36. The number of hydrogen-bond donors (Lipinski definition) is 1. The lowest BCUT2D eigenvalue weighted by molar-refractivity contribution is -0.146. The maximum absolute atomic E-state index is 11.7. The number of nitrogens with one attached hydrogen (secondary N) is 1. The zero-order chi connectivity index (χ0) is 15.9. The smallest absolute Gasteiger partial charge is 0.316 e. The summed E-state index contributed by atoms with van der Waals surface area (Å²) in [6.07, 6.45) is 4.37. The Kier molecular flexibility index (Phi) is 6.76. The predicted octanol–water partition coefficient (Wildman–Crippen LogP) is 3.45. The van der Waals surface area contributed by atoms with Gasteiger partial charge < -0.3 is 10.1 Å². The average molecular weight is 386 g/mol. The maximum atomic E-state index is 11.7. The molecule has 0 aromatic heterocycles. The summed E-state index contributed by atoms with van der Waals surface area (Å²) < 4.78 is 6.03. The van der Waals surface area contributed by atoms with Crippen molar-refractivity contribution in [1.29, 1.82) is 0 Å². The first kappa shape index (κ1) is 17.3. The Morgan fingerprint density at radius 2 is 2.09 bits per heavy atom. The van der Waals surface area contributed by atoms with Crippen molar-refractivity contribution >= 4 is 39.6 Å². The molecule has 0 heterocycles. The second-order valence-electron chi connectivity index (χ2n) is 5.41. The van der Waals surface area contributed by atoms with E-state index in [1.165, 1.54) is 11.8 Å². The molecule has 0 spiro atoms. The van der Waals surface area contributed by atoms with Gasteiger partial charge in [0.1, 0.15) is 0 Å². The Morgan fingerprint density at radius 1 is 1.36 bits per heavy atom. The number of halogens is 1. The summed E-state index contributed by atoms with van der Waals surface area (Å²) in [6, 6.07) is 6.16. The van der Waals surface area contributed by atoms with Gasteiger partial charge in [-0.25, -0.2) is 0 Å². The van der Waals surface area contributed by atoms with Gasteiger partial charge >= 0.3 is 5.97 Å². The van der Waals surface area contributed by atoms with Gasteiger partial charge in [0, 0.05) is 15.4 Å². The molecule has 0 bridgehead atoms. The van der Waals surface area contributed by atoms with Crippen molar-refractivity contribution in [2.75, 3.05) is 12.4 Å². The molecular weight excluding hydrogens is 366 g/mol. The van der Waals surface area contributed by atoms with E-state index in [2.05, 4.69) is 21.2 Å². The number of hydrogen-bond acceptors (Lipinski definition) is 4. The van der Waals surface area contributed by atoms with Crippen LogP contribution in [-0.4, -0.2) is 30.3 Å². The predicted molar refractivity (Wildman–Crippen MR) is 91.0 cm³/mol. The van der Waals surface area contributed by atoms with E-state index >= 15 is 0 Å². The fourth-order valence-electron chi connectivity index (χ4n) is 2.44. The summed E-state index contributed by atoms with van der Waals surface area (Å²) in [4.78, 5) is 24.4. The number of carbonyl (C=O) groups is 2. The molecule has 1 fully saturated rings. The molecule has 0 saturated heterocycles. The van der Waals surface area contributed by atoms with Crippen LogP contribution in [-0.2, 0) is 14.3 Å². The molecule has 0 aliphatic heterocycles. The maximum Gasteiger partial charge on any atom is 0.316 e. The molecule has 1 aromatic rings. The number of rotatable bonds is 6. The van der Waals surface area contributed by atoms with Crippen molar-refractivity contribution in [3.63, 3.8) is 0 Å². The normalized spacial score (nSPS) is 14.8. The molecule has 1 aromatic carbocycles. The SMILES string of the molecule is Cc1cc(Br)ccc1SCC(=O)OCC(=O)NC1CCCC1. The molecule has 1 saturated carbocycles. The fraction of sp³-hybridized carbons (Fsp3) is 0.500. The molecule has 22 heavy (non-hydrogen) atoms. The van der Waals surface area contributed by atoms with Crippen LogP contribution in [0.25, 0.3) is 0 Å². The van der Waals surface area contributed by atoms with Gasteiger partial charge in [0.25, 0.3) is 5.91 Å². The Morgan fingerprint density at radius 3 is 2.77 bits per heavy atom. The van der Waals surface area contributed by atoms with Gasteiger partial charge in [-0.1, -0.05) is 28.8 Å². The van der Waals surface area contributed by atoms with E-state index in [1.807, 2.05) is 25.1 Å². The first-order valence-electron chi connectivity index (χ1n) is 7.38. The highest BCUT2D eigenvalue weighted by Gasteiger charge is 2.17. The minimum absolute atomic E-state index is 0.185. The van der Waals surface area contributed by atoms with Gasteiger partial charge in [0.2, 0.25) is 0 Å². The molecule has 0 unspecified atom stereocenters. The van der Waals surface area contributed by atoms with Gasteiger partial charge in [-0.3, -0.25) is 9.59 Å². The van der Waals surface area contributed by atoms with Gasteiger partial charge in [-0.05, 0) is 43.5 Å². The van der Waals surface area contributed by atoms with Crippen LogP contribution in [0, 0.1) is 6.92 Å². The van der Waals surface area contributed by atoms with Crippen LogP contribution in [0.4, 0.5) is 0 Å². The van der Waals surface area contributed by atoms with Gasteiger partial charge in [0.05, 0.1) is 5.75 Å². The average Bonchev–Trinajstić information content (AvgIpc) is 2.97. The van der Waals surface area contributed by atoms with Crippen LogP contribution in [0.1, 0.15) is 31.2 Å². The molecule has 1 amide bonds. The van der Waals surface area contributed by atoms with Crippen molar-refractivity contribution in [3.05, 3.63) is 28.2 Å². The summed E-state index contributed by atoms with van der Waals surface area (Å²) in [6.45, 7) is 1.81. The molecule has 6 heteroatoms. The number of amides is 1. The zero-order valence-electron chi connectivity index (χ0n) is 12.6. The molecule has 1 aliphatic carbocycles. The van der Waals surface area contributed by atoms with E-state index in [1.54, 1.807) is 0 Å². The Bertz CT molecular complexity index is 544. The van der Waals surface area contributed by atoms with E-state index in [0.717, 1.165) is 40.6 Å². The van der Waals surface area contributed by atoms with Crippen LogP contribution in [0.5, 0.6) is 0 Å². The Balaban J connectivity index is 1.68. The second kappa shape index (κ2) is 8.58. The minimum Gasteiger partial charge on any atom is -0.455 e. The molecule has 4 nitrogen and oxygen atoms in total. The molecule has 0 atom stereocenters. The Hall–Kier alpha value is -1.01. The van der Waals surface area contributed by atoms with Crippen molar-refractivity contribution < 1.29 is 14.3 Å². The Labute approximate surface area is 143 Å². The number of carbonyl (C=O) groups excluding carboxylic acids is 2. The van der Waals surface area contributed by atoms with E-state index in [-0.39, 0.29) is 30.3 Å². The second-order valence-corrected chi connectivity index (χ2v) is 7.34. The summed E-state index contributed by atoms with van der Waals surface area (Å²) in [5, 5.41) is 2.90. The third kappa shape index (κ3) is 5.65. The third-order valence-corrected chi connectivity index (χ3v) is 5.21. The van der Waals surface area contributed by atoms with E-state index < -0.39 is 0 Å². The van der Waals surface area contributed by atoms with Gasteiger partial charge in [-0.2, -0.15) is 0 Å².